The van der Waals surface area contributed by atoms with Crippen LogP contribution in [0.3, 0.4) is 0 Å². The van der Waals surface area contributed by atoms with Crippen LogP contribution < -0.4 is 0 Å². The molecule has 0 spiro atoms. The molecule has 0 aromatic heterocycles. The molecule has 0 saturated heterocycles. The Labute approximate surface area is 68.1 Å². The Morgan fingerprint density at radius 2 is 1.73 bits per heavy atom. The molecule has 0 amide bonds. The van der Waals surface area contributed by atoms with E-state index in [0.717, 1.165) is 12.0 Å². The van der Waals surface area contributed by atoms with E-state index in [0.29, 0.717) is 0 Å². The predicted molar refractivity (Wildman–Crippen MR) is 47.1 cm³/mol. The lowest BCUT2D eigenvalue weighted by Crippen LogP contribution is -1.83. The number of hydrogen-bond donors (Lipinski definition) is 0. The number of halogens is 1. The molecule has 0 aliphatic rings. The average Bonchev–Trinajstić information content (AvgIpc) is 2.09. The van der Waals surface area contributed by atoms with Crippen LogP contribution in [0.4, 0.5) is 4.39 Å². The first-order valence-corrected chi connectivity index (χ1v) is 4.08. The largest absolute Gasteiger partial charge is 0.207 e. The number of hydrogen-bond acceptors (Lipinski definition) is 0. The van der Waals surface area contributed by atoms with Gasteiger partial charge < -0.3 is 0 Å². The molecule has 0 nitrogen and oxygen atoms in total. The van der Waals surface area contributed by atoms with Crippen LogP contribution in [-0.2, 0) is 6.42 Å². The Kier molecular flexibility index (Phi) is 5.44. The lowest BCUT2D eigenvalue weighted by molar-refractivity contribution is 0.612. The van der Waals surface area contributed by atoms with Crippen molar-refractivity contribution in [2.24, 2.45) is 0 Å². The minimum Gasteiger partial charge on any atom is -0.207 e. The third-order valence-corrected chi connectivity index (χ3v) is 1.34. The minimum atomic E-state index is -0.0972. The van der Waals surface area contributed by atoms with Crippen molar-refractivity contribution in [3.05, 3.63) is 35.6 Å². The van der Waals surface area contributed by atoms with Crippen molar-refractivity contribution in [2.75, 3.05) is 0 Å². The summed E-state index contributed by atoms with van der Waals surface area (Å²) in [5, 5.41) is 0. The van der Waals surface area contributed by atoms with E-state index in [1.54, 1.807) is 12.1 Å². The van der Waals surface area contributed by atoms with Gasteiger partial charge in [-0.05, 0) is 18.1 Å². The minimum absolute atomic E-state index is 0.0972. The molecule has 0 N–H and O–H groups in total. The first-order chi connectivity index (χ1) is 5.34. The second kappa shape index (κ2) is 5.90. The fourth-order valence-electron chi connectivity index (χ4n) is 0.785. The van der Waals surface area contributed by atoms with Crippen LogP contribution in [0, 0.1) is 5.82 Å². The highest BCUT2D eigenvalue weighted by Crippen LogP contribution is 2.05. The van der Waals surface area contributed by atoms with E-state index < -0.39 is 0 Å². The van der Waals surface area contributed by atoms with E-state index in [1.165, 1.54) is 6.07 Å². The lowest BCUT2D eigenvalue weighted by Gasteiger charge is -1.94. The maximum Gasteiger partial charge on any atom is 0.126 e. The summed E-state index contributed by atoms with van der Waals surface area (Å²) in [7, 11) is 0. The van der Waals surface area contributed by atoms with E-state index in [9.17, 15) is 4.39 Å². The molecule has 62 valence electrons. The highest BCUT2D eigenvalue weighted by molar-refractivity contribution is 5.16. The highest BCUT2D eigenvalue weighted by atomic mass is 19.1. The van der Waals surface area contributed by atoms with Crippen LogP contribution in [-0.4, -0.2) is 0 Å². The molecule has 1 aromatic carbocycles. The molecule has 1 aromatic rings. The molecule has 0 atom stereocenters. The number of benzene rings is 1. The highest BCUT2D eigenvalue weighted by Gasteiger charge is 1.93. The fourth-order valence-corrected chi connectivity index (χ4v) is 0.785. The topological polar surface area (TPSA) is 0 Å². The molecule has 0 aliphatic carbocycles. The van der Waals surface area contributed by atoms with Gasteiger partial charge in [-0.2, -0.15) is 0 Å². The van der Waals surface area contributed by atoms with Gasteiger partial charge in [0.1, 0.15) is 5.82 Å². The second-order valence-corrected chi connectivity index (χ2v) is 1.94. The lowest BCUT2D eigenvalue weighted by atomic mass is 10.2. The maximum absolute atomic E-state index is 12.6. The van der Waals surface area contributed by atoms with E-state index in [4.69, 9.17) is 0 Å². The van der Waals surface area contributed by atoms with Gasteiger partial charge in [0.15, 0.2) is 0 Å². The Morgan fingerprint density at radius 1 is 1.18 bits per heavy atom. The van der Waals surface area contributed by atoms with Crippen LogP contribution in [0.5, 0.6) is 0 Å². The third-order valence-electron chi connectivity index (χ3n) is 1.34. The van der Waals surface area contributed by atoms with Gasteiger partial charge in [0.05, 0.1) is 0 Å². The van der Waals surface area contributed by atoms with Crippen LogP contribution in [0.1, 0.15) is 26.3 Å². The van der Waals surface area contributed by atoms with E-state index in [-0.39, 0.29) is 5.82 Å². The van der Waals surface area contributed by atoms with Crippen LogP contribution >= 0.6 is 0 Å². The fraction of sp³-hybridized carbons (Fsp3) is 0.400. The molecule has 1 rings (SSSR count). The Bertz CT molecular complexity index is 194. The summed E-state index contributed by atoms with van der Waals surface area (Å²) in [5.74, 6) is -0.0972. The second-order valence-electron chi connectivity index (χ2n) is 1.94. The summed E-state index contributed by atoms with van der Waals surface area (Å²) in [6, 6.07) is 6.84. The maximum atomic E-state index is 12.6. The zero-order chi connectivity index (χ0) is 8.69. The molecular weight excluding hydrogens is 139 g/mol. The van der Waals surface area contributed by atoms with Gasteiger partial charge in [-0.3, -0.25) is 0 Å². The summed E-state index contributed by atoms with van der Waals surface area (Å²) >= 11 is 0. The smallest absolute Gasteiger partial charge is 0.126 e. The van der Waals surface area contributed by atoms with E-state index in [1.807, 2.05) is 26.8 Å². The molecule has 0 unspecified atom stereocenters. The normalized spacial score (nSPS) is 8.36. The van der Waals surface area contributed by atoms with Crippen LogP contribution in [0.25, 0.3) is 0 Å². The zero-order valence-corrected chi connectivity index (χ0v) is 7.39. The molecular formula is C10H15F. The van der Waals surface area contributed by atoms with Gasteiger partial charge in [0, 0.05) is 0 Å². The van der Waals surface area contributed by atoms with E-state index >= 15 is 0 Å². The molecule has 0 bridgehead atoms. The number of aryl methyl sites for hydroxylation is 1. The van der Waals surface area contributed by atoms with Gasteiger partial charge in [-0.1, -0.05) is 39.0 Å². The first-order valence-electron chi connectivity index (χ1n) is 4.08. The first kappa shape index (κ1) is 10.2. The monoisotopic (exact) mass is 154 g/mol. The van der Waals surface area contributed by atoms with Crippen molar-refractivity contribution < 1.29 is 4.39 Å². The van der Waals surface area contributed by atoms with Crippen LogP contribution in [0.2, 0.25) is 0 Å². The van der Waals surface area contributed by atoms with Crippen molar-refractivity contribution in [1.29, 1.82) is 0 Å². The third kappa shape index (κ3) is 3.17. The summed E-state index contributed by atoms with van der Waals surface area (Å²) in [6.07, 6.45) is 0.771. The summed E-state index contributed by atoms with van der Waals surface area (Å²) in [4.78, 5) is 0. The summed E-state index contributed by atoms with van der Waals surface area (Å²) in [6.45, 7) is 5.94. The number of rotatable bonds is 1. The van der Waals surface area contributed by atoms with Crippen molar-refractivity contribution in [3.63, 3.8) is 0 Å². The van der Waals surface area contributed by atoms with Gasteiger partial charge in [-0.25, -0.2) is 4.39 Å². The average molecular weight is 154 g/mol. The zero-order valence-electron chi connectivity index (χ0n) is 7.39. The van der Waals surface area contributed by atoms with Crippen molar-refractivity contribution >= 4 is 0 Å². The summed E-state index contributed by atoms with van der Waals surface area (Å²) in [5.41, 5.74) is 0.789. The van der Waals surface area contributed by atoms with Crippen LogP contribution in [0.15, 0.2) is 24.3 Å². The molecule has 0 fully saturated rings. The van der Waals surface area contributed by atoms with Gasteiger partial charge in [0.2, 0.25) is 0 Å². The molecule has 0 saturated carbocycles. The Morgan fingerprint density at radius 3 is 2.09 bits per heavy atom. The Hall–Kier alpha value is -0.850. The van der Waals surface area contributed by atoms with E-state index in [2.05, 4.69) is 0 Å². The molecule has 0 aliphatic heterocycles. The SMILES string of the molecule is CC.CCc1ccccc1F. The Balaban J connectivity index is 0.000000461. The van der Waals surface area contributed by atoms with Gasteiger partial charge >= 0.3 is 0 Å². The quantitative estimate of drug-likeness (QED) is 0.581. The predicted octanol–water partition coefficient (Wildman–Crippen LogP) is 3.41. The van der Waals surface area contributed by atoms with Crippen molar-refractivity contribution in [2.45, 2.75) is 27.2 Å². The van der Waals surface area contributed by atoms with Gasteiger partial charge in [0.25, 0.3) is 0 Å². The molecule has 0 heterocycles. The molecule has 11 heavy (non-hydrogen) atoms. The molecule has 0 radical (unpaired) electrons. The van der Waals surface area contributed by atoms with Crippen molar-refractivity contribution in [3.8, 4) is 0 Å². The summed E-state index contributed by atoms with van der Waals surface area (Å²) < 4.78 is 12.6. The standard InChI is InChI=1S/C8H9F.C2H6/c1-2-7-5-3-4-6-8(7)9;1-2/h3-6H,2H2,1H3;1-2H3. The molecule has 1 heteroatoms. The van der Waals surface area contributed by atoms with Crippen molar-refractivity contribution in [1.82, 2.24) is 0 Å². The van der Waals surface area contributed by atoms with Gasteiger partial charge in [-0.15, -0.1) is 0 Å².